The number of rotatable bonds is 3. The Hall–Kier alpha value is -2.11. The Balaban J connectivity index is 1.55. The number of aromatic nitrogens is 2. The predicted molar refractivity (Wildman–Crippen MR) is 92.5 cm³/mol. The first kappa shape index (κ1) is 15.4. The average molecular weight is 325 g/mol. The summed E-state index contributed by atoms with van der Waals surface area (Å²) in [6, 6.07) is 9.79. The third kappa shape index (κ3) is 2.97. The zero-order chi connectivity index (χ0) is 16.7. The van der Waals surface area contributed by atoms with Crippen LogP contribution in [0.25, 0.3) is 11.0 Å². The van der Waals surface area contributed by atoms with E-state index in [4.69, 9.17) is 4.42 Å². The lowest BCUT2D eigenvalue weighted by Gasteiger charge is -2.30. The second-order valence-corrected chi connectivity index (χ2v) is 7.59. The van der Waals surface area contributed by atoms with Gasteiger partial charge in [-0.1, -0.05) is 32.0 Å². The molecular weight excluding hydrogens is 302 g/mol. The van der Waals surface area contributed by atoms with Gasteiger partial charge in [0, 0.05) is 36.3 Å². The summed E-state index contributed by atoms with van der Waals surface area (Å²) >= 11 is 0. The number of hydrogen-bond donors (Lipinski definition) is 2. The van der Waals surface area contributed by atoms with Gasteiger partial charge in [0.2, 0.25) is 0 Å². The third-order valence-electron chi connectivity index (χ3n) is 4.71. The molecule has 0 amide bonds. The highest BCUT2D eigenvalue weighted by molar-refractivity contribution is 5.77. The Kier molecular flexibility index (Phi) is 3.70. The summed E-state index contributed by atoms with van der Waals surface area (Å²) in [7, 11) is 0. The number of benzene rings is 1. The van der Waals surface area contributed by atoms with E-state index < -0.39 is 6.10 Å². The first-order valence-corrected chi connectivity index (χ1v) is 8.40. The monoisotopic (exact) mass is 325 g/mol. The molecule has 0 bridgehead atoms. The number of H-pyrrole nitrogens is 1. The van der Waals surface area contributed by atoms with Gasteiger partial charge in [-0.25, -0.2) is 0 Å². The van der Waals surface area contributed by atoms with Gasteiger partial charge in [0.25, 0.3) is 0 Å². The first-order valence-electron chi connectivity index (χ1n) is 8.40. The maximum atomic E-state index is 10.7. The van der Waals surface area contributed by atoms with E-state index in [0.717, 1.165) is 30.5 Å². The van der Waals surface area contributed by atoms with E-state index in [-0.39, 0.29) is 5.41 Å². The SMILES string of the molecule is CC1(C)Cc2[nH]ncc2CN(CC(O)c2cc3ccccc3o2)C1. The summed E-state index contributed by atoms with van der Waals surface area (Å²) in [5.41, 5.74) is 3.38. The van der Waals surface area contributed by atoms with Crippen LogP contribution >= 0.6 is 0 Å². The minimum atomic E-state index is -0.637. The highest BCUT2D eigenvalue weighted by Crippen LogP contribution is 2.31. The standard InChI is InChI=1S/C19H23N3O2/c1-19(2)8-15-14(9-20-21-15)10-22(12-19)11-16(23)18-7-13-5-3-4-6-17(13)24-18/h3-7,9,16,23H,8,10-12H2,1-2H3,(H,20,21). The molecule has 2 aromatic heterocycles. The molecule has 4 rings (SSSR count). The Bertz CT molecular complexity index is 816. The highest BCUT2D eigenvalue weighted by Gasteiger charge is 2.30. The fraction of sp³-hybridized carbons (Fsp3) is 0.421. The number of β-amino-alcohol motifs (C(OH)–C–C–N with tert-alkyl or cyclic N) is 1. The van der Waals surface area contributed by atoms with Gasteiger partial charge < -0.3 is 9.52 Å². The van der Waals surface area contributed by atoms with Crippen molar-refractivity contribution in [1.82, 2.24) is 15.1 Å². The quantitative estimate of drug-likeness (QED) is 0.776. The summed E-state index contributed by atoms with van der Waals surface area (Å²) in [5, 5.41) is 19.0. The second-order valence-electron chi connectivity index (χ2n) is 7.59. The summed E-state index contributed by atoms with van der Waals surface area (Å²) in [6.45, 7) is 6.78. The highest BCUT2D eigenvalue weighted by atomic mass is 16.4. The number of nitrogens with one attached hydrogen (secondary N) is 1. The number of fused-ring (bicyclic) bond motifs is 2. The van der Waals surface area contributed by atoms with Crippen LogP contribution in [0.1, 0.15) is 37.0 Å². The third-order valence-corrected chi connectivity index (χ3v) is 4.71. The molecule has 0 aliphatic carbocycles. The summed E-state index contributed by atoms with van der Waals surface area (Å²) in [4.78, 5) is 2.29. The molecule has 3 aromatic rings. The van der Waals surface area contributed by atoms with Crippen molar-refractivity contribution in [3.63, 3.8) is 0 Å². The number of nitrogens with zero attached hydrogens (tertiary/aromatic N) is 2. The van der Waals surface area contributed by atoms with Crippen molar-refractivity contribution >= 4 is 11.0 Å². The van der Waals surface area contributed by atoms with Crippen molar-refractivity contribution in [2.75, 3.05) is 13.1 Å². The minimum absolute atomic E-state index is 0.130. The van der Waals surface area contributed by atoms with Crippen molar-refractivity contribution in [3.05, 3.63) is 53.5 Å². The van der Waals surface area contributed by atoms with E-state index in [1.165, 1.54) is 11.3 Å². The molecule has 24 heavy (non-hydrogen) atoms. The lowest BCUT2D eigenvalue weighted by Crippen LogP contribution is -2.35. The fourth-order valence-corrected chi connectivity index (χ4v) is 3.69. The largest absolute Gasteiger partial charge is 0.458 e. The molecule has 0 spiro atoms. The topological polar surface area (TPSA) is 65.3 Å². The number of aliphatic hydroxyl groups excluding tert-OH is 1. The molecule has 0 fully saturated rings. The van der Waals surface area contributed by atoms with Crippen LogP contribution in [0.15, 0.2) is 40.9 Å². The normalized spacial score (nSPS) is 19.1. The van der Waals surface area contributed by atoms with Crippen LogP contribution in [0, 0.1) is 5.41 Å². The summed E-state index contributed by atoms with van der Waals surface area (Å²) in [6.07, 6.45) is 2.23. The fourth-order valence-electron chi connectivity index (χ4n) is 3.69. The van der Waals surface area contributed by atoms with Crippen molar-refractivity contribution < 1.29 is 9.52 Å². The Morgan fingerprint density at radius 2 is 2.21 bits per heavy atom. The molecule has 5 nitrogen and oxygen atoms in total. The van der Waals surface area contributed by atoms with E-state index in [1.54, 1.807) is 0 Å². The van der Waals surface area contributed by atoms with Crippen LogP contribution in [0.5, 0.6) is 0 Å². The number of aliphatic hydroxyl groups is 1. The lowest BCUT2D eigenvalue weighted by atomic mass is 9.87. The zero-order valence-electron chi connectivity index (χ0n) is 14.1. The summed E-state index contributed by atoms with van der Waals surface area (Å²) < 4.78 is 5.81. The molecule has 0 saturated carbocycles. The van der Waals surface area contributed by atoms with Crippen LogP contribution in [0.4, 0.5) is 0 Å². The molecule has 1 aliphatic rings. The van der Waals surface area contributed by atoms with Gasteiger partial charge in [0.15, 0.2) is 0 Å². The average Bonchev–Trinajstić information content (AvgIpc) is 3.10. The molecule has 2 N–H and O–H groups in total. The van der Waals surface area contributed by atoms with Crippen molar-refractivity contribution in [2.24, 2.45) is 5.41 Å². The van der Waals surface area contributed by atoms with Gasteiger partial charge in [-0.05, 0) is 24.0 Å². The van der Waals surface area contributed by atoms with Crippen molar-refractivity contribution in [3.8, 4) is 0 Å². The van der Waals surface area contributed by atoms with E-state index >= 15 is 0 Å². The molecule has 0 saturated heterocycles. The van der Waals surface area contributed by atoms with Crippen molar-refractivity contribution in [2.45, 2.75) is 32.9 Å². The maximum absolute atomic E-state index is 10.7. The van der Waals surface area contributed by atoms with Gasteiger partial charge in [-0.3, -0.25) is 10.00 Å². The zero-order valence-corrected chi connectivity index (χ0v) is 14.1. The maximum Gasteiger partial charge on any atom is 0.135 e. The Morgan fingerprint density at radius 3 is 3.04 bits per heavy atom. The molecule has 126 valence electrons. The van der Waals surface area contributed by atoms with Crippen LogP contribution in [-0.4, -0.2) is 33.3 Å². The predicted octanol–water partition coefficient (Wildman–Crippen LogP) is 3.27. The molecule has 1 aromatic carbocycles. The lowest BCUT2D eigenvalue weighted by molar-refractivity contribution is 0.0744. The first-order chi connectivity index (χ1) is 11.5. The van der Waals surface area contributed by atoms with E-state index in [1.807, 2.05) is 36.5 Å². The Morgan fingerprint density at radius 1 is 1.38 bits per heavy atom. The van der Waals surface area contributed by atoms with Crippen LogP contribution in [0.3, 0.4) is 0 Å². The number of aromatic amines is 1. The van der Waals surface area contributed by atoms with Gasteiger partial charge >= 0.3 is 0 Å². The molecule has 5 heteroatoms. The molecule has 1 aliphatic heterocycles. The van der Waals surface area contributed by atoms with Crippen LogP contribution in [0.2, 0.25) is 0 Å². The smallest absolute Gasteiger partial charge is 0.135 e. The molecule has 0 radical (unpaired) electrons. The van der Waals surface area contributed by atoms with Gasteiger partial charge in [-0.15, -0.1) is 0 Å². The molecule has 1 unspecified atom stereocenters. The number of furan rings is 1. The molecule has 1 atom stereocenters. The van der Waals surface area contributed by atoms with Crippen molar-refractivity contribution in [1.29, 1.82) is 0 Å². The van der Waals surface area contributed by atoms with Gasteiger partial charge in [0.05, 0.1) is 6.20 Å². The van der Waals surface area contributed by atoms with Gasteiger partial charge in [0.1, 0.15) is 17.4 Å². The second kappa shape index (κ2) is 5.76. The van der Waals surface area contributed by atoms with Gasteiger partial charge in [-0.2, -0.15) is 5.10 Å². The molecular formula is C19H23N3O2. The Labute approximate surface area is 141 Å². The van der Waals surface area contributed by atoms with E-state index in [2.05, 4.69) is 28.9 Å². The number of para-hydroxylation sites is 1. The number of hydrogen-bond acceptors (Lipinski definition) is 4. The minimum Gasteiger partial charge on any atom is -0.458 e. The van der Waals surface area contributed by atoms with Crippen LogP contribution in [-0.2, 0) is 13.0 Å². The van der Waals surface area contributed by atoms with E-state index in [9.17, 15) is 5.11 Å². The van der Waals surface area contributed by atoms with E-state index in [0.29, 0.717) is 12.3 Å². The molecule has 3 heterocycles. The summed E-state index contributed by atoms with van der Waals surface area (Å²) in [5.74, 6) is 0.630. The van der Waals surface area contributed by atoms with Crippen LogP contribution < -0.4 is 0 Å².